The predicted molar refractivity (Wildman–Crippen MR) is 104 cm³/mol. The number of anilines is 1. The smallest absolute Gasteiger partial charge is 0.339 e. The normalized spacial score (nSPS) is 15.2. The Labute approximate surface area is 164 Å². The van der Waals surface area contributed by atoms with Crippen LogP contribution >= 0.6 is 0 Å². The Hall–Kier alpha value is -2.90. The topological polar surface area (TPSA) is 96.0 Å². The molecule has 152 valence electrons. The third kappa shape index (κ3) is 4.88. The average Bonchev–Trinajstić information content (AvgIpc) is 2.91. The van der Waals surface area contributed by atoms with Gasteiger partial charge in [0.15, 0.2) is 0 Å². The zero-order valence-corrected chi connectivity index (χ0v) is 16.6. The van der Waals surface area contributed by atoms with Crippen LogP contribution in [-0.4, -0.2) is 48.9 Å². The van der Waals surface area contributed by atoms with Crippen LogP contribution in [0.3, 0.4) is 0 Å². The zero-order valence-electron chi connectivity index (χ0n) is 16.6. The molecule has 1 aliphatic heterocycles. The Morgan fingerprint density at radius 2 is 1.79 bits per heavy atom. The van der Waals surface area contributed by atoms with Crippen molar-refractivity contribution in [2.75, 3.05) is 25.1 Å². The fourth-order valence-corrected chi connectivity index (χ4v) is 3.00. The fraction of sp³-hybridized carbons (Fsp3) is 0.500. The number of carbonyl (C=O) groups is 4. The van der Waals surface area contributed by atoms with E-state index < -0.39 is 30.3 Å². The van der Waals surface area contributed by atoms with Gasteiger partial charge < -0.3 is 10.1 Å². The largest absolute Gasteiger partial charge is 0.497 e. The van der Waals surface area contributed by atoms with Gasteiger partial charge in [-0.05, 0) is 36.6 Å². The van der Waals surface area contributed by atoms with Crippen LogP contribution in [0.4, 0.5) is 10.5 Å². The second kappa shape index (κ2) is 9.87. The van der Waals surface area contributed by atoms with Crippen molar-refractivity contribution in [1.29, 1.82) is 0 Å². The van der Waals surface area contributed by atoms with Crippen molar-refractivity contribution in [2.24, 2.45) is 5.92 Å². The number of methoxy groups -OCH3 is 1. The van der Waals surface area contributed by atoms with Crippen LogP contribution in [0.1, 0.15) is 39.5 Å². The molecule has 1 fully saturated rings. The van der Waals surface area contributed by atoms with Crippen LogP contribution in [0.15, 0.2) is 24.3 Å². The highest BCUT2D eigenvalue weighted by Gasteiger charge is 2.46. The van der Waals surface area contributed by atoms with Crippen LogP contribution < -0.4 is 15.0 Å². The van der Waals surface area contributed by atoms with Crippen molar-refractivity contribution in [1.82, 2.24) is 10.2 Å². The van der Waals surface area contributed by atoms with Crippen molar-refractivity contribution >= 4 is 29.4 Å². The Morgan fingerprint density at radius 3 is 2.36 bits per heavy atom. The zero-order chi connectivity index (χ0) is 20.7. The van der Waals surface area contributed by atoms with E-state index in [2.05, 4.69) is 19.2 Å². The molecule has 1 aromatic carbocycles. The van der Waals surface area contributed by atoms with E-state index in [0.717, 1.165) is 30.6 Å². The number of hydrogen-bond acceptors (Lipinski definition) is 5. The van der Waals surface area contributed by atoms with E-state index in [9.17, 15) is 19.2 Å². The van der Waals surface area contributed by atoms with Gasteiger partial charge in [0.05, 0.1) is 12.8 Å². The Morgan fingerprint density at radius 1 is 1.11 bits per heavy atom. The molecular formula is C20H27N3O5. The molecule has 2 rings (SSSR count). The molecule has 1 aliphatic rings. The third-order valence-electron chi connectivity index (χ3n) is 4.82. The van der Waals surface area contributed by atoms with Crippen LogP contribution in [0.5, 0.6) is 5.75 Å². The first-order valence-electron chi connectivity index (χ1n) is 9.53. The average molecular weight is 389 g/mol. The first kappa shape index (κ1) is 21.4. The van der Waals surface area contributed by atoms with Gasteiger partial charge in [0, 0.05) is 6.54 Å². The first-order chi connectivity index (χ1) is 13.4. The van der Waals surface area contributed by atoms with E-state index in [0.29, 0.717) is 23.1 Å². The van der Waals surface area contributed by atoms with Crippen molar-refractivity contribution in [3.05, 3.63) is 24.3 Å². The molecule has 8 nitrogen and oxygen atoms in total. The van der Waals surface area contributed by atoms with Crippen molar-refractivity contribution in [3.8, 4) is 5.75 Å². The maximum absolute atomic E-state index is 12.6. The van der Waals surface area contributed by atoms with Crippen molar-refractivity contribution in [3.63, 3.8) is 0 Å². The number of amides is 5. The number of imide groups is 2. The van der Waals surface area contributed by atoms with Gasteiger partial charge in [-0.25, -0.2) is 14.6 Å². The summed E-state index contributed by atoms with van der Waals surface area (Å²) in [6.07, 6.45) is 4.12. The summed E-state index contributed by atoms with van der Waals surface area (Å²) >= 11 is 0. The molecule has 0 unspecified atom stereocenters. The highest BCUT2D eigenvalue weighted by molar-refractivity contribution is 6.53. The quantitative estimate of drug-likeness (QED) is 0.489. The maximum Gasteiger partial charge on any atom is 0.339 e. The maximum atomic E-state index is 12.6. The summed E-state index contributed by atoms with van der Waals surface area (Å²) in [5.74, 6) is -1.53. The summed E-state index contributed by atoms with van der Waals surface area (Å²) in [6.45, 7) is 4.19. The summed E-state index contributed by atoms with van der Waals surface area (Å²) in [5.41, 5.74) is 0.248. The number of urea groups is 1. The number of benzene rings is 1. The van der Waals surface area contributed by atoms with Gasteiger partial charge in [0.1, 0.15) is 12.3 Å². The van der Waals surface area contributed by atoms with Crippen LogP contribution in [0.2, 0.25) is 0 Å². The molecule has 0 spiro atoms. The molecular weight excluding hydrogens is 362 g/mol. The second-order valence-corrected chi connectivity index (χ2v) is 6.73. The molecule has 1 N–H and O–H groups in total. The van der Waals surface area contributed by atoms with Gasteiger partial charge in [-0.2, -0.15) is 0 Å². The lowest BCUT2D eigenvalue weighted by Crippen LogP contribution is -2.42. The molecule has 5 amide bonds. The lowest BCUT2D eigenvalue weighted by molar-refractivity contribution is -0.140. The predicted octanol–water partition coefficient (Wildman–Crippen LogP) is 2.32. The number of ether oxygens (including phenoxy) is 1. The Balaban J connectivity index is 1.99. The Kier molecular flexibility index (Phi) is 7.54. The summed E-state index contributed by atoms with van der Waals surface area (Å²) in [5, 5.41) is 2.76. The lowest BCUT2D eigenvalue weighted by atomic mass is 9.99. The van der Waals surface area contributed by atoms with E-state index in [1.54, 1.807) is 12.1 Å². The second-order valence-electron chi connectivity index (χ2n) is 6.73. The van der Waals surface area contributed by atoms with Crippen LogP contribution in [0.25, 0.3) is 0 Å². The molecule has 1 heterocycles. The minimum Gasteiger partial charge on any atom is -0.497 e. The highest BCUT2D eigenvalue weighted by atomic mass is 16.5. The summed E-state index contributed by atoms with van der Waals surface area (Å²) in [4.78, 5) is 50.7. The monoisotopic (exact) mass is 389 g/mol. The summed E-state index contributed by atoms with van der Waals surface area (Å²) < 4.78 is 5.04. The minimum absolute atomic E-state index is 0.248. The number of unbranched alkanes of at least 4 members (excludes halogenated alkanes) is 1. The molecule has 0 radical (unpaired) electrons. The molecule has 0 bridgehead atoms. The third-order valence-corrected chi connectivity index (χ3v) is 4.82. The van der Waals surface area contributed by atoms with Gasteiger partial charge in [-0.1, -0.05) is 33.1 Å². The first-order valence-corrected chi connectivity index (χ1v) is 9.53. The number of rotatable bonds is 10. The lowest BCUT2D eigenvalue weighted by Gasteiger charge is -2.18. The van der Waals surface area contributed by atoms with Crippen LogP contribution in [0, 0.1) is 5.92 Å². The van der Waals surface area contributed by atoms with E-state index in [-0.39, 0.29) is 5.69 Å². The van der Waals surface area contributed by atoms with Gasteiger partial charge in [0.25, 0.3) is 0 Å². The molecule has 0 saturated carbocycles. The van der Waals surface area contributed by atoms with E-state index in [1.165, 1.54) is 19.2 Å². The van der Waals surface area contributed by atoms with Gasteiger partial charge in [-0.3, -0.25) is 14.4 Å². The molecule has 1 aromatic rings. The molecule has 0 aliphatic carbocycles. The highest BCUT2D eigenvalue weighted by Crippen LogP contribution is 2.24. The van der Waals surface area contributed by atoms with Crippen LogP contribution in [-0.2, 0) is 14.4 Å². The van der Waals surface area contributed by atoms with Crippen molar-refractivity contribution in [2.45, 2.75) is 39.5 Å². The molecule has 28 heavy (non-hydrogen) atoms. The van der Waals surface area contributed by atoms with E-state index in [4.69, 9.17) is 4.74 Å². The van der Waals surface area contributed by atoms with Crippen molar-refractivity contribution < 1.29 is 23.9 Å². The Bertz CT molecular complexity index is 732. The molecule has 1 atom stereocenters. The SMILES string of the molecule is CCCC[C@@H](CC)CNC(=O)CN1C(=O)C(=O)N(c2ccc(OC)cc2)C1=O. The molecule has 1 saturated heterocycles. The number of nitrogens with zero attached hydrogens (tertiary/aromatic N) is 2. The molecule has 0 aromatic heterocycles. The van der Waals surface area contributed by atoms with E-state index >= 15 is 0 Å². The summed E-state index contributed by atoms with van der Waals surface area (Å²) in [6, 6.07) is 5.35. The van der Waals surface area contributed by atoms with Gasteiger partial charge in [0.2, 0.25) is 5.91 Å². The fourth-order valence-electron chi connectivity index (χ4n) is 3.00. The number of hydrogen-bond donors (Lipinski definition) is 1. The van der Waals surface area contributed by atoms with Gasteiger partial charge in [-0.15, -0.1) is 0 Å². The minimum atomic E-state index is -1.01. The number of nitrogens with one attached hydrogen (secondary N) is 1. The molecule has 8 heteroatoms. The standard InChI is InChI=1S/C20H27N3O5/c1-4-6-7-14(5-2)12-21-17(24)13-22-18(25)19(26)23(20(22)27)15-8-10-16(28-3)11-9-15/h8-11,14H,4-7,12-13H2,1-3H3,(H,21,24)/t14-/m1/s1. The summed E-state index contributed by atoms with van der Waals surface area (Å²) in [7, 11) is 1.50. The van der Waals surface area contributed by atoms with Gasteiger partial charge >= 0.3 is 17.8 Å². The van der Waals surface area contributed by atoms with E-state index in [1.807, 2.05) is 0 Å². The number of carbonyl (C=O) groups excluding carboxylic acids is 4.